The van der Waals surface area contributed by atoms with Crippen LogP contribution in [-0.2, 0) is 4.79 Å². The predicted molar refractivity (Wildman–Crippen MR) is 114 cm³/mol. The smallest absolute Gasteiger partial charge is 0.273 e. The number of amides is 2. The van der Waals surface area contributed by atoms with Crippen LogP contribution in [0.15, 0.2) is 67.3 Å². The Labute approximate surface area is 173 Å². The maximum Gasteiger partial charge on any atom is 0.273 e. The number of hydrogen-bond donors (Lipinski definition) is 3. The molecule has 0 unspecified atom stereocenters. The average molecular weight is 416 g/mol. The lowest BCUT2D eigenvalue weighted by Gasteiger charge is -2.12. The largest absolute Gasteiger partial charge is 0.489 e. The molecule has 0 fully saturated rings. The molecule has 0 aliphatic rings. The number of hydrogen-bond acceptors (Lipinski definition) is 4. The minimum atomic E-state index is -0.471. The molecule has 0 spiro atoms. The molecule has 0 aliphatic carbocycles. The van der Waals surface area contributed by atoms with E-state index in [4.69, 9.17) is 28.6 Å². The van der Waals surface area contributed by atoms with Crippen molar-refractivity contribution < 1.29 is 14.3 Å². The average Bonchev–Trinajstić information content (AvgIpc) is 2.70. The highest BCUT2D eigenvalue weighted by atomic mass is 35.5. The minimum Gasteiger partial charge on any atom is -0.489 e. The summed E-state index contributed by atoms with van der Waals surface area (Å²) in [5.74, 6) is -0.538. The van der Waals surface area contributed by atoms with E-state index in [0.717, 1.165) is 0 Å². The molecule has 144 valence electrons. The normalized spacial score (nSPS) is 10.2. The van der Waals surface area contributed by atoms with Crippen LogP contribution in [0.5, 0.6) is 5.75 Å². The molecule has 28 heavy (non-hydrogen) atoms. The molecule has 0 heterocycles. The van der Waals surface area contributed by atoms with E-state index in [9.17, 15) is 9.59 Å². The molecule has 3 N–H and O–H groups in total. The van der Waals surface area contributed by atoms with Crippen LogP contribution in [0, 0.1) is 0 Å². The highest BCUT2D eigenvalue weighted by Crippen LogP contribution is 2.17. The van der Waals surface area contributed by atoms with Crippen molar-refractivity contribution in [2.45, 2.75) is 0 Å². The predicted octanol–water partition coefficient (Wildman–Crippen LogP) is 3.25. The fraction of sp³-hybridized carbons (Fsp3) is 0.0500. The van der Waals surface area contributed by atoms with E-state index < -0.39 is 11.8 Å². The van der Waals surface area contributed by atoms with Gasteiger partial charge in [-0.3, -0.25) is 25.8 Å². The summed E-state index contributed by atoms with van der Waals surface area (Å²) in [7, 11) is 0. The minimum absolute atomic E-state index is 0.0633. The zero-order valence-corrected chi connectivity index (χ0v) is 16.3. The summed E-state index contributed by atoms with van der Waals surface area (Å²) < 4.78 is 5.43. The van der Waals surface area contributed by atoms with Crippen LogP contribution in [0.4, 0.5) is 0 Å². The van der Waals surface area contributed by atoms with Crippen LogP contribution in [0.3, 0.4) is 0 Å². The van der Waals surface area contributed by atoms with Gasteiger partial charge in [-0.25, -0.2) is 0 Å². The Morgan fingerprint density at radius 2 is 1.82 bits per heavy atom. The Morgan fingerprint density at radius 3 is 2.57 bits per heavy atom. The van der Waals surface area contributed by atoms with Crippen molar-refractivity contribution in [2.24, 2.45) is 0 Å². The second-order valence-corrected chi connectivity index (χ2v) is 6.16. The number of benzene rings is 2. The molecule has 0 aromatic heterocycles. The maximum absolute atomic E-state index is 12.3. The van der Waals surface area contributed by atoms with Crippen LogP contribution in [0.25, 0.3) is 6.08 Å². The van der Waals surface area contributed by atoms with Crippen molar-refractivity contribution >= 4 is 46.8 Å². The SMILES string of the molecule is C=CCOc1ccccc1C(=O)NNC(=S)NC(=O)C=Cc1ccccc1Cl. The fourth-order valence-corrected chi connectivity index (χ4v) is 2.42. The molecule has 0 aliphatic heterocycles. The third kappa shape index (κ3) is 6.53. The molecule has 0 radical (unpaired) electrons. The number of carbonyl (C=O) groups excluding carboxylic acids is 2. The van der Waals surface area contributed by atoms with Gasteiger partial charge < -0.3 is 4.74 Å². The maximum atomic E-state index is 12.3. The van der Waals surface area contributed by atoms with Gasteiger partial charge >= 0.3 is 0 Å². The zero-order chi connectivity index (χ0) is 20.4. The van der Waals surface area contributed by atoms with Gasteiger partial charge in [-0.15, -0.1) is 0 Å². The second kappa shape index (κ2) is 10.9. The van der Waals surface area contributed by atoms with Gasteiger partial charge in [-0.2, -0.15) is 0 Å². The number of thiocarbonyl (C=S) groups is 1. The Hall–Kier alpha value is -3.16. The van der Waals surface area contributed by atoms with Crippen LogP contribution in [-0.4, -0.2) is 23.5 Å². The van der Waals surface area contributed by atoms with Gasteiger partial charge in [0.05, 0.1) is 5.56 Å². The molecule has 2 rings (SSSR count). The lowest BCUT2D eigenvalue weighted by atomic mass is 10.2. The van der Waals surface area contributed by atoms with Gasteiger partial charge in [0.1, 0.15) is 12.4 Å². The van der Waals surface area contributed by atoms with Crippen LogP contribution in [0.1, 0.15) is 15.9 Å². The third-order valence-electron chi connectivity index (χ3n) is 3.33. The fourth-order valence-electron chi connectivity index (χ4n) is 2.07. The van der Waals surface area contributed by atoms with Gasteiger partial charge in [0.2, 0.25) is 5.91 Å². The number of carbonyl (C=O) groups is 2. The summed E-state index contributed by atoms with van der Waals surface area (Å²) in [4.78, 5) is 24.2. The molecule has 2 aromatic carbocycles. The molecule has 8 heteroatoms. The molecule has 6 nitrogen and oxygen atoms in total. The molecule has 0 atom stereocenters. The van der Waals surface area contributed by atoms with Crippen molar-refractivity contribution in [1.29, 1.82) is 0 Å². The van der Waals surface area contributed by atoms with Crippen LogP contribution in [0.2, 0.25) is 5.02 Å². The highest BCUT2D eigenvalue weighted by molar-refractivity contribution is 7.80. The number of ether oxygens (including phenoxy) is 1. The van der Waals surface area contributed by atoms with Gasteiger partial charge in [-0.05, 0) is 42.1 Å². The highest BCUT2D eigenvalue weighted by Gasteiger charge is 2.12. The van der Waals surface area contributed by atoms with Crippen molar-refractivity contribution in [3.8, 4) is 5.75 Å². The van der Waals surface area contributed by atoms with Crippen LogP contribution >= 0.6 is 23.8 Å². The van der Waals surface area contributed by atoms with E-state index in [2.05, 4.69) is 22.7 Å². The van der Waals surface area contributed by atoms with Crippen molar-refractivity contribution in [3.63, 3.8) is 0 Å². The Kier molecular flexibility index (Phi) is 8.20. The molecule has 2 aromatic rings. The lowest BCUT2D eigenvalue weighted by molar-refractivity contribution is -0.115. The van der Waals surface area contributed by atoms with E-state index in [1.165, 1.54) is 6.08 Å². The second-order valence-electron chi connectivity index (χ2n) is 5.35. The number of nitrogens with one attached hydrogen (secondary N) is 3. The monoisotopic (exact) mass is 415 g/mol. The topological polar surface area (TPSA) is 79.5 Å². The molecular weight excluding hydrogens is 398 g/mol. The Morgan fingerprint density at radius 1 is 1.11 bits per heavy atom. The molecular formula is C20H18ClN3O3S. The van der Waals surface area contributed by atoms with Gasteiger partial charge in [0.25, 0.3) is 5.91 Å². The third-order valence-corrected chi connectivity index (χ3v) is 3.88. The molecule has 2 amide bonds. The first-order valence-corrected chi connectivity index (χ1v) is 8.96. The first kappa shape index (κ1) is 21.1. The summed E-state index contributed by atoms with van der Waals surface area (Å²) in [6.45, 7) is 3.84. The molecule has 0 bridgehead atoms. The van der Waals surface area contributed by atoms with E-state index in [0.29, 0.717) is 21.9 Å². The van der Waals surface area contributed by atoms with E-state index in [1.807, 2.05) is 6.07 Å². The number of halogens is 1. The number of hydrazine groups is 1. The molecule has 0 saturated heterocycles. The summed E-state index contributed by atoms with van der Waals surface area (Å²) in [6, 6.07) is 13.8. The van der Waals surface area contributed by atoms with Crippen molar-refractivity contribution in [2.75, 3.05) is 6.61 Å². The number of para-hydroxylation sites is 1. The molecule has 0 saturated carbocycles. The number of rotatable bonds is 6. The quantitative estimate of drug-likeness (QED) is 0.292. The summed E-state index contributed by atoms with van der Waals surface area (Å²) in [5, 5.41) is 2.88. The van der Waals surface area contributed by atoms with Gasteiger partial charge in [0.15, 0.2) is 5.11 Å². The van der Waals surface area contributed by atoms with Crippen molar-refractivity contribution in [3.05, 3.63) is 83.4 Å². The standard InChI is InChI=1S/C20H18ClN3O3S/c1-2-13-27-17-10-6-4-8-15(17)19(26)23-24-20(28)22-18(25)12-11-14-7-3-5-9-16(14)21/h2-12H,1,13H2,(H,23,26)(H2,22,24,25,28). The summed E-state index contributed by atoms with van der Waals surface area (Å²) in [5.41, 5.74) is 5.88. The Balaban J connectivity index is 1.87. The Bertz CT molecular complexity index is 915. The van der Waals surface area contributed by atoms with Crippen LogP contribution < -0.4 is 20.9 Å². The summed E-state index contributed by atoms with van der Waals surface area (Å²) in [6.07, 6.45) is 4.43. The first-order valence-electron chi connectivity index (χ1n) is 8.18. The van der Waals surface area contributed by atoms with E-state index in [1.54, 1.807) is 54.6 Å². The lowest BCUT2D eigenvalue weighted by Crippen LogP contribution is -2.48. The van der Waals surface area contributed by atoms with Gasteiger partial charge in [-0.1, -0.05) is 54.6 Å². The first-order chi connectivity index (χ1) is 13.5. The zero-order valence-electron chi connectivity index (χ0n) is 14.8. The van der Waals surface area contributed by atoms with Gasteiger partial charge in [0, 0.05) is 11.1 Å². The van der Waals surface area contributed by atoms with E-state index >= 15 is 0 Å². The van der Waals surface area contributed by atoms with E-state index in [-0.39, 0.29) is 11.7 Å². The summed E-state index contributed by atoms with van der Waals surface area (Å²) >= 11 is 11.0. The van der Waals surface area contributed by atoms with Crippen molar-refractivity contribution in [1.82, 2.24) is 16.2 Å².